The molecule has 0 fully saturated rings. The number of hydrogen-bond acceptors (Lipinski definition) is 3. The van der Waals surface area contributed by atoms with Crippen LogP contribution in [0, 0.1) is 5.92 Å². The van der Waals surface area contributed by atoms with Gasteiger partial charge >= 0.3 is 6.36 Å². The lowest BCUT2D eigenvalue weighted by atomic mass is 10.1. The third kappa shape index (κ3) is 6.99. The number of carbonyl (C=O) groups excluding carboxylic acids is 1. The van der Waals surface area contributed by atoms with Gasteiger partial charge in [-0.25, -0.2) is 0 Å². The third-order valence-corrected chi connectivity index (χ3v) is 2.77. The summed E-state index contributed by atoms with van der Waals surface area (Å²) in [7, 11) is 0. The Morgan fingerprint density at radius 3 is 2.43 bits per heavy atom. The molecule has 21 heavy (non-hydrogen) atoms. The minimum atomic E-state index is -4.70. The van der Waals surface area contributed by atoms with Crippen LogP contribution in [0.1, 0.15) is 19.4 Å². The number of benzene rings is 1. The number of alkyl halides is 3. The predicted octanol–water partition coefficient (Wildman–Crippen LogP) is 2.45. The molecule has 0 aliphatic heterocycles. The second-order valence-electron chi connectivity index (χ2n) is 4.62. The van der Waals surface area contributed by atoms with E-state index in [9.17, 15) is 18.0 Å². The quantitative estimate of drug-likeness (QED) is 0.813. The summed E-state index contributed by atoms with van der Waals surface area (Å²) in [5.74, 6) is -0.553. The van der Waals surface area contributed by atoms with Crippen LogP contribution in [-0.2, 0) is 11.3 Å². The zero-order chi connectivity index (χ0) is 15.9. The van der Waals surface area contributed by atoms with E-state index in [-0.39, 0.29) is 24.1 Å². The van der Waals surface area contributed by atoms with E-state index >= 15 is 0 Å². The summed E-state index contributed by atoms with van der Waals surface area (Å²) in [4.78, 5) is 11.8. The van der Waals surface area contributed by atoms with E-state index in [2.05, 4.69) is 15.4 Å². The van der Waals surface area contributed by atoms with E-state index in [1.807, 2.05) is 6.92 Å². The zero-order valence-corrected chi connectivity index (χ0v) is 12.0. The van der Waals surface area contributed by atoms with Gasteiger partial charge in [0.05, 0.1) is 0 Å². The first-order valence-corrected chi connectivity index (χ1v) is 6.65. The highest BCUT2D eigenvalue weighted by atomic mass is 19.4. The van der Waals surface area contributed by atoms with Crippen LogP contribution in [0.4, 0.5) is 13.2 Å². The van der Waals surface area contributed by atoms with Crippen molar-refractivity contribution < 1.29 is 22.7 Å². The summed E-state index contributed by atoms with van der Waals surface area (Å²) in [5, 5.41) is 5.81. The molecule has 0 saturated carbocycles. The maximum Gasteiger partial charge on any atom is 0.573 e. The van der Waals surface area contributed by atoms with Crippen molar-refractivity contribution in [1.29, 1.82) is 0 Å². The summed E-state index contributed by atoms with van der Waals surface area (Å²) >= 11 is 0. The molecule has 1 amide bonds. The Morgan fingerprint density at radius 1 is 1.29 bits per heavy atom. The maximum absolute atomic E-state index is 12.0. The molecule has 0 aliphatic rings. The van der Waals surface area contributed by atoms with Crippen molar-refractivity contribution >= 4 is 5.91 Å². The van der Waals surface area contributed by atoms with Crippen LogP contribution < -0.4 is 15.4 Å². The van der Waals surface area contributed by atoms with E-state index in [0.29, 0.717) is 12.1 Å². The Labute approximate surface area is 121 Å². The Morgan fingerprint density at radius 2 is 1.90 bits per heavy atom. The zero-order valence-electron chi connectivity index (χ0n) is 12.0. The molecule has 1 rings (SSSR count). The number of amides is 1. The first-order valence-electron chi connectivity index (χ1n) is 6.65. The first-order chi connectivity index (χ1) is 9.81. The topological polar surface area (TPSA) is 50.4 Å². The SMILES string of the molecule is CCNCC(C)C(=O)NCc1ccc(OC(F)(F)F)cc1. The normalized spacial score (nSPS) is 12.8. The monoisotopic (exact) mass is 304 g/mol. The molecular formula is C14H19F3N2O2. The van der Waals surface area contributed by atoms with E-state index in [1.54, 1.807) is 6.92 Å². The molecule has 4 nitrogen and oxygen atoms in total. The van der Waals surface area contributed by atoms with Gasteiger partial charge in [-0.05, 0) is 24.2 Å². The number of rotatable bonds is 7. The molecule has 118 valence electrons. The highest BCUT2D eigenvalue weighted by molar-refractivity contribution is 5.78. The van der Waals surface area contributed by atoms with Crippen molar-refractivity contribution in [2.45, 2.75) is 26.8 Å². The second-order valence-corrected chi connectivity index (χ2v) is 4.62. The van der Waals surface area contributed by atoms with Crippen molar-refractivity contribution in [1.82, 2.24) is 10.6 Å². The van der Waals surface area contributed by atoms with Gasteiger partial charge in [0.1, 0.15) is 5.75 Å². The largest absolute Gasteiger partial charge is 0.573 e. The smallest absolute Gasteiger partial charge is 0.406 e. The van der Waals surface area contributed by atoms with Crippen LogP contribution in [-0.4, -0.2) is 25.4 Å². The fraction of sp³-hybridized carbons (Fsp3) is 0.500. The third-order valence-electron chi connectivity index (χ3n) is 2.77. The number of halogens is 3. The summed E-state index contributed by atoms with van der Waals surface area (Å²) < 4.78 is 39.8. The Bertz CT molecular complexity index is 447. The van der Waals surface area contributed by atoms with Gasteiger partial charge in [-0.2, -0.15) is 0 Å². The van der Waals surface area contributed by atoms with Crippen LogP contribution in [0.3, 0.4) is 0 Å². The molecule has 0 bridgehead atoms. The molecule has 0 aromatic heterocycles. The first kappa shape index (κ1) is 17.3. The van der Waals surface area contributed by atoms with Crippen molar-refractivity contribution in [3.05, 3.63) is 29.8 Å². The molecule has 0 heterocycles. The second kappa shape index (κ2) is 7.87. The maximum atomic E-state index is 12.0. The standard InChI is InChI=1S/C14H19F3N2O2/c1-3-18-8-10(2)13(20)19-9-11-4-6-12(7-5-11)21-14(15,16)17/h4-7,10,18H,3,8-9H2,1-2H3,(H,19,20). The van der Waals surface area contributed by atoms with Crippen molar-refractivity contribution in [3.8, 4) is 5.75 Å². The average Bonchev–Trinajstić information content (AvgIpc) is 2.42. The number of nitrogens with one attached hydrogen (secondary N) is 2. The van der Waals surface area contributed by atoms with Crippen molar-refractivity contribution in [3.63, 3.8) is 0 Å². The lowest BCUT2D eigenvalue weighted by molar-refractivity contribution is -0.274. The molecule has 1 aromatic rings. The predicted molar refractivity (Wildman–Crippen MR) is 72.7 cm³/mol. The van der Waals surface area contributed by atoms with Crippen LogP contribution in [0.5, 0.6) is 5.75 Å². The average molecular weight is 304 g/mol. The molecule has 7 heteroatoms. The Balaban J connectivity index is 2.44. The number of carbonyl (C=O) groups is 1. The summed E-state index contributed by atoms with van der Waals surface area (Å²) in [6.45, 7) is 5.40. The molecule has 0 spiro atoms. The minimum absolute atomic E-state index is 0.105. The lowest BCUT2D eigenvalue weighted by Gasteiger charge is -2.13. The van der Waals surface area contributed by atoms with E-state index in [0.717, 1.165) is 6.54 Å². The van der Waals surface area contributed by atoms with Crippen LogP contribution in [0.25, 0.3) is 0 Å². The summed E-state index contributed by atoms with van der Waals surface area (Å²) in [5.41, 5.74) is 0.702. The molecule has 0 radical (unpaired) electrons. The van der Waals surface area contributed by atoms with Gasteiger partial charge < -0.3 is 15.4 Å². The highest BCUT2D eigenvalue weighted by Crippen LogP contribution is 2.22. The van der Waals surface area contributed by atoms with Crippen molar-refractivity contribution in [2.75, 3.05) is 13.1 Å². The molecule has 2 N–H and O–H groups in total. The summed E-state index contributed by atoms with van der Waals surface area (Å²) in [6, 6.07) is 5.40. The van der Waals surface area contributed by atoms with Crippen molar-refractivity contribution in [2.24, 2.45) is 5.92 Å². The number of hydrogen-bond donors (Lipinski definition) is 2. The van der Waals surface area contributed by atoms with Gasteiger partial charge in [0.15, 0.2) is 0 Å². The molecule has 0 saturated heterocycles. The number of ether oxygens (including phenoxy) is 1. The van der Waals surface area contributed by atoms with Gasteiger partial charge in [0, 0.05) is 19.0 Å². The van der Waals surface area contributed by atoms with Gasteiger partial charge in [0.2, 0.25) is 5.91 Å². The van der Waals surface area contributed by atoms with Gasteiger partial charge in [-0.3, -0.25) is 4.79 Å². The van der Waals surface area contributed by atoms with E-state index < -0.39 is 6.36 Å². The van der Waals surface area contributed by atoms with E-state index in [1.165, 1.54) is 24.3 Å². The summed E-state index contributed by atoms with van der Waals surface area (Å²) in [6.07, 6.45) is -4.70. The molecule has 1 aromatic carbocycles. The fourth-order valence-corrected chi connectivity index (χ4v) is 1.63. The minimum Gasteiger partial charge on any atom is -0.406 e. The van der Waals surface area contributed by atoms with E-state index in [4.69, 9.17) is 0 Å². The van der Waals surface area contributed by atoms with Crippen LogP contribution in [0.2, 0.25) is 0 Å². The Hall–Kier alpha value is -1.76. The molecule has 1 unspecified atom stereocenters. The molecule has 1 atom stereocenters. The fourth-order valence-electron chi connectivity index (χ4n) is 1.63. The van der Waals surface area contributed by atoms with Crippen LogP contribution in [0.15, 0.2) is 24.3 Å². The van der Waals surface area contributed by atoms with Gasteiger partial charge in [-0.15, -0.1) is 13.2 Å². The van der Waals surface area contributed by atoms with Gasteiger partial charge in [0.25, 0.3) is 0 Å². The van der Waals surface area contributed by atoms with Gasteiger partial charge in [-0.1, -0.05) is 26.0 Å². The lowest BCUT2D eigenvalue weighted by Crippen LogP contribution is -2.34. The Kier molecular flexibility index (Phi) is 6.48. The molecule has 0 aliphatic carbocycles. The van der Waals surface area contributed by atoms with Crippen LogP contribution >= 0.6 is 0 Å². The molecular weight excluding hydrogens is 285 g/mol. The highest BCUT2D eigenvalue weighted by Gasteiger charge is 2.30.